The zero-order chi connectivity index (χ0) is 10.0. The summed E-state index contributed by atoms with van der Waals surface area (Å²) < 4.78 is 25.4. The number of nitrogens with zero attached hydrogens (tertiary/aromatic N) is 1. The molecule has 0 heterocycles. The van der Waals surface area contributed by atoms with Gasteiger partial charge in [0.2, 0.25) is 0 Å². The van der Waals surface area contributed by atoms with Crippen LogP contribution in [0.5, 0.6) is 0 Å². The molecule has 1 rings (SSSR count). The van der Waals surface area contributed by atoms with Crippen molar-refractivity contribution >= 4 is 17.3 Å². The number of hydrogen-bond acceptors (Lipinski definition) is 2. The lowest BCUT2D eigenvalue weighted by molar-refractivity contribution is -0.385. The highest BCUT2D eigenvalue weighted by Gasteiger charge is 2.18. The minimum absolute atomic E-state index is 0.298. The molecule has 1 aromatic rings. The first kappa shape index (κ1) is 9.85. The van der Waals surface area contributed by atoms with Gasteiger partial charge in [-0.2, -0.15) is 0 Å². The van der Waals surface area contributed by atoms with Gasteiger partial charge in [-0.05, 0) is 0 Å². The highest BCUT2D eigenvalue weighted by molar-refractivity contribution is 6.17. The molecule has 0 aliphatic heterocycles. The van der Waals surface area contributed by atoms with Gasteiger partial charge < -0.3 is 0 Å². The third-order valence-electron chi connectivity index (χ3n) is 1.47. The number of halogens is 3. The molecule has 0 atom stereocenters. The molecular weight excluding hydrogens is 204 g/mol. The molecule has 0 fully saturated rings. The second-order valence-corrected chi connectivity index (χ2v) is 2.54. The summed E-state index contributed by atoms with van der Waals surface area (Å²) in [4.78, 5) is 9.43. The van der Waals surface area contributed by atoms with E-state index >= 15 is 0 Å². The molecule has 0 radical (unpaired) electrons. The summed E-state index contributed by atoms with van der Waals surface area (Å²) in [7, 11) is 0. The average Bonchev–Trinajstić information content (AvgIpc) is 2.02. The molecule has 0 aromatic heterocycles. The maximum Gasteiger partial charge on any atom is 0.279 e. The van der Waals surface area contributed by atoms with Crippen LogP contribution in [-0.4, -0.2) is 4.92 Å². The summed E-state index contributed by atoms with van der Waals surface area (Å²) in [6.07, 6.45) is 0. The number of alkyl halides is 1. The Hall–Kier alpha value is -1.23. The van der Waals surface area contributed by atoms with Crippen LogP contribution in [0.2, 0.25) is 0 Å². The van der Waals surface area contributed by atoms with E-state index in [9.17, 15) is 18.9 Å². The lowest BCUT2D eigenvalue weighted by Gasteiger charge is -2.00. The first-order valence-corrected chi connectivity index (χ1v) is 3.78. The van der Waals surface area contributed by atoms with Crippen molar-refractivity contribution in [1.29, 1.82) is 0 Å². The summed E-state index contributed by atoms with van der Waals surface area (Å²) in [5.74, 6) is -2.35. The summed E-state index contributed by atoms with van der Waals surface area (Å²) in [6.45, 7) is 0. The lowest BCUT2D eigenvalue weighted by Crippen LogP contribution is -1.98. The van der Waals surface area contributed by atoms with Crippen molar-refractivity contribution in [3.63, 3.8) is 0 Å². The Kier molecular flexibility index (Phi) is 2.77. The van der Waals surface area contributed by atoms with Crippen LogP contribution in [0.15, 0.2) is 12.1 Å². The first-order chi connectivity index (χ1) is 6.06. The van der Waals surface area contributed by atoms with Gasteiger partial charge in [0.1, 0.15) is 11.6 Å². The second kappa shape index (κ2) is 3.66. The fourth-order valence-corrected chi connectivity index (χ4v) is 1.15. The molecule has 3 nitrogen and oxygen atoms in total. The van der Waals surface area contributed by atoms with Crippen molar-refractivity contribution in [2.75, 3.05) is 0 Å². The summed E-state index contributed by atoms with van der Waals surface area (Å²) in [6, 6.07) is 1.20. The van der Waals surface area contributed by atoms with Gasteiger partial charge in [-0.1, -0.05) is 0 Å². The van der Waals surface area contributed by atoms with Gasteiger partial charge in [-0.15, -0.1) is 11.6 Å². The average molecular weight is 208 g/mol. The first-order valence-electron chi connectivity index (χ1n) is 3.24. The largest absolute Gasteiger partial charge is 0.279 e. The summed E-state index contributed by atoms with van der Waals surface area (Å²) >= 11 is 5.27. The Morgan fingerprint density at radius 3 is 2.54 bits per heavy atom. The van der Waals surface area contributed by atoms with E-state index in [1.165, 1.54) is 0 Å². The Labute approximate surface area is 77.1 Å². The predicted molar refractivity (Wildman–Crippen MR) is 42.6 cm³/mol. The monoisotopic (exact) mass is 207 g/mol. The normalized spacial score (nSPS) is 10.1. The standard InChI is InChI=1S/C7H4ClF2NO2/c8-3-5-6(10)1-4(9)2-7(5)11(12)13/h1-2H,3H2. The molecule has 0 bridgehead atoms. The highest BCUT2D eigenvalue weighted by atomic mass is 35.5. The number of rotatable bonds is 2. The van der Waals surface area contributed by atoms with E-state index in [0.29, 0.717) is 12.1 Å². The second-order valence-electron chi connectivity index (χ2n) is 2.28. The van der Waals surface area contributed by atoms with Crippen molar-refractivity contribution in [2.24, 2.45) is 0 Å². The van der Waals surface area contributed by atoms with Gasteiger partial charge in [-0.25, -0.2) is 8.78 Å². The van der Waals surface area contributed by atoms with Crippen LogP contribution in [0.25, 0.3) is 0 Å². The number of nitro groups is 1. The van der Waals surface area contributed by atoms with Crippen molar-refractivity contribution in [1.82, 2.24) is 0 Å². The molecule has 0 saturated heterocycles. The van der Waals surface area contributed by atoms with Crippen LogP contribution >= 0.6 is 11.6 Å². The lowest BCUT2D eigenvalue weighted by atomic mass is 10.2. The molecule has 70 valence electrons. The molecule has 0 aliphatic carbocycles. The Morgan fingerprint density at radius 2 is 2.08 bits per heavy atom. The molecule has 1 aromatic carbocycles. The van der Waals surface area contributed by atoms with Crippen LogP contribution in [0.4, 0.5) is 14.5 Å². The van der Waals surface area contributed by atoms with Gasteiger partial charge in [0.05, 0.1) is 22.4 Å². The van der Waals surface area contributed by atoms with E-state index in [4.69, 9.17) is 11.6 Å². The third kappa shape index (κ3) is 1.92. The van der Waals surface area contributed by atoms with Crippen molar-refractivity contribution in [2.45, 2.75) is 5.88 Å². The third-order valence-corrected chi connectivity index (χ3v) is 1.73. The van der Waals surface area contributed by atoms with Crippen LogP contribution < -0.4 is 0 Å². The molecule has 6 heteroatoms. The highest BCUT2D eigenvalue weighted by Crippen LogP contribution is 2.24. The summed E-state index contributed by atoms with van der Waals surface area (Å²) in [5, 5.41) is 10.3. The fraction of sp³-hybridized carbons (Fsp3) is 0.143. The quantitative estimate of drug-likeness (QED) is 0.425. The summed E-state index contributed by atoms with van der Waals surface area (Å²) in [5.41, 5.74) is -0.930. The van der Waals surface area contributed by atoms with Gasteiger partial charge >= 0.3 is 0 Å². The molecule has 0 spiro atoms. The van der Waals surface area contributed by atoms with Crippen LogP contribution in [0, 0.1) is 21.7 Å². The van der Waals surface area contributed by atoms with Gasteiger partial charge in [0.15, 0.2) is 0 Å². The van der Waals surface area contributed by atoms with E-state index in [2.05, 4.69) is 0 Å². The van der Waals surface area contributed by atoms with Gasteiger partial charge in [0.25, 0.3) is 5.69 Å². The van der Waals surface area contributed by atoms with Crippen molar-refractivity contribution in [3.8, 4) is 0 Å². The fourth-order valence-electron chi connectivity index (χ4n) is 0.885. The van der Waals surface area contributed by atoms with Crippen LogP contribution in [-0.2, 0) is 5.88 Å². The molecule has 0 amide bonds. The molecule has 13 heavy (non-hydrogen) atoms. The number of benzene rings is 1. The van der Waals surface area contributed by atoms with E-state index in [1.54, 1.807) is 0 Å². The molecule has 0 N–H and O–H groups in total. The minimum Gasteiger partial charge on any atom is -0.258 e. The van der Waals surface area contributed by atoms with Crippen LogP contribution in [0.1, 0.15) is 5.56 Å². The van der Waals surface area contributed by atoms with E-state index < -0.39 is 22.2 Å². The minimum atomic E-state index is -0.998. The Balaban J connectivity index is 3.38. The van der Waals surface area contributed by atoms with E-state index in [-0.39, 0.29) is 11.4 Å². The molecule has 0 unspecified atom stereocenters. The zero-order valence-corrected chi connectivity index (χ0v) is 7.02. The number of nitro benzene ring substituents is 1. The van der Waals surface area contributed by atoms with Gasteiger partial charge in [0, 0.05) is 6.07 Å². The van der Waals surface area contributed by atoms with E-state index in [0.717, 1.165) is 0 Å². The number of hydrogen-bond donors (Lipinski definition) is 0. The van der Waals surface area contributed by atoms with Crippen LogP contribution in [0.3, 0.4) is 0 Å². The smallest absolute Gasteiger partial charge is 0.258 e. The van der Waals surface area contributed by atoms with Crippen molar-refractivity contribution < 1.29 is 13.7 Å². The predicted octanol–water partition coefficient (Wildman–Crippen LogP) is 2.61. The maximum absolute atomic E-state index is 12.8. The SMILES string of the molecule is O=[N+]([O-])c1cc(F)cc(F)c1CCl. The maximum atomic E-state index is 12.8. The Morgan fingerprint density at radius 1 is 1.46 bits per heavy atom. The molecule has 0 aliphatic rings. The van der Waals surface area contributed by atoms with E-state index in [1.807, 2.05) is 0 Å². The zero-order valence-electron chi connectivity index (χ0n) is 6.26. The van der Waals surface area contributed by atoms with Gasteiger partial charge in [-0.3, -0.25) is 10.1 Å². The molecular formula is C7H4ClF2NO2. The topological polar surface area (TPSA) is 43.1 Å². The van der Waals surface area contributed by atoms with Crippen molar-refractivity contribution in [3.05, 3.63) is 39.4 Å². The Bertz CT molecular complexity index is 357. The molecule has 0 saturated carbocycles.